The monoisotopic (exact) mass is 375 g/mol. The van der Waals surface area contributed by atoms with Gasteiger partial charge in [0, 0.05) is 37.9 Å². The molecule has 3 aliphatic rings. The van der Waals surface area contributed by atoms with Gasteiger partial charge in [-0.1, -0.05) is 0 Å². The zero-order valence-corrected chi connectivity index (χ0v) is 16.6. The van der Waals surface area contributed by atoms with Gasteiger partial charge in [0.05, 0.1) is 23.3 Å². The van der Waals surface area contributed by atoms with Crippen molar-refractivity contribution in [3.8, 4) is 0 Å². The van der Waals surface area contributed by atoms with E-state index in [-0.39, 0.29) is 35.7 Å². The van der Waals surface area contributed by atoms with E-state index in [9.17, 15) is 9.59 Å². The van der Waals surface area contributed by atoms with Crippen LogP contribution in [-0.4, -0.2) is 75.9 Å². The summed E-state index contributed by atoms with van der Waals surface area (Å²) in [6.45, 7) is 11.0. The van der Waals surface area contributed by atoms with Gasteiger partial charge in [0.1, 0.15) is 6.10 Å². The van der Waals surface area contributed by atoms with E-state index in [4.69, 9.17) is 4.74 Å². The van der Waals surface area contributed by atoms with E-state index in [1.165, 1.54) is 0 Å². The third-order valence-electron chi connectivity index (χ3n) is 5.97. The number of piperidine rings is 1. The van der Waals surface area contributed by atoms with Gasteiger partial charge in [0.15, 0.2) is 0 Å². The molecule has 0 bridgehead atoms. The molecule has 3 fully saturated rings. The predicted molar refractivity (Wildman–Crippen MR) is 99.7 cm³/mol. The number of nitrogens with zero attached hydrogens (tertiary/aromatic N) is 4. The Balaban J connectivity index is 1.42. The van der Waals surface area contributed by atoms with Gasteiger partial charge >= 0.3 is 6.09 Å². The Morgan fingerprint density at radius 2 is 1.96 bits per heavy atom. The van der Waals surface area contributed by atoms with Gasteiger partial charge in [-0.15, -0.1) is 0 Å². The largest absolute Gasteiger partial charge is 0.442 e. The summed E-state index contributed by atoms with van der Waals surface area (Å²) in [6.07, 6.45) is 3.04. The van der Waals surface area contributed by atoms with E-state index < -0.39 is 0 Å². The normalized spacial score (nSPS) is 26.4. The molecule has 27 heavy (non-hydrogen) atoms. The molecular formula is C19H29N5O3. The maximum absolute atomic E-state index is 13.0. The van der Waals surface area contributed by atoms with Crippen molar-refractivity contribution in [2.45, 2.75) is 64.3 Å². The summed E-state index contributed by atoms with van der Waals surface area (Å²) >= 11 is 0. The van der Waals surface area contributed by atoms with Crippen LogP contribution in [0.3, 0.4) is 0 Å². The Bertz CT molecular complexity index is 745. The van der Waals surface area contributed by atoms with E-state index in [0.717, 1.165) is 31.6 Å². The summed E-state index contributed by atoms with van der Waals surface area (Å²) in [4.78, 5) is 29.0. The number of aromatic nitrogens is 2. The highest BCUT2D eigenvalue weighted by Gasteiger charge is 2.48. The average molecular weight is 375 g/mol. The molecule has 0 aromatic carbocycles. The Labute approximate surface area is 159 Å². The highest BCUT2D eigenvalue weighted by atomic mass is 16.6. The fourth-order valence-corrected chi connectivity index (χ4v) is 4.60. The van der Waals surface area contributed by atoms with Crippen LogP contribution in [0.25, 0.3) is 0 Å². The molecule has 8 heteroatoms. The lowest BCUT2D eigenvalue weighted by Crippen LogP contribution is -2.51. The highest BCUT2D eigenvalue weighted by Crippen LogP contribution is 2.30. The molecule has 8 nitrogen and oxygen atoms in total. The molecule has 4 heterocycles. The lowest BCUT2D eigenvalue weighted by atomic mass is 10.0. The third-order valence-corrected chi connectivity index (χ3v) is 5.97. The van der Waals surface area contributed by atoms with Gasteiger partial charge in [-0.3, -0.25) is 14.4 Å². The van der Waals surface area contributed by atoms with Crippen molar-refractivity contribution >= 4 is 12.0 Å². The molecular weight excluding hydrogens is 346 g/mol. The van der Waals surface area contributed by atoms with Crippen molar-refractivity contribution in [1.82, 2.24) is 24.9 Å². The molecule has 148 valence electrons. The number of rotatable bonds is 2. The van der Waals surface area contributed by atoms with Crippen LogP contribution in [0.4, 0.5) is 4.79 Å². The minimum atomic E-state index is -0.196. The molecule has 0 spiro atoms. The summed E-state index contributed by atoms with van der Waals surface area (Å²) in [6, 6.07) is 0.284. The standard InChI is InChI=1S/C19H29N5O3/c1-12-14(9-21-24(12)19(2,3)4)17(25)22-7-5-13(6-8-22)23-15-10-20-11-16(15)27-18(23)26/h9,13,15-16,20H,5-8,10-11H2,1-4H3/t15-,16+/m1/s1. The summed E-state index contributed by atoms with van der Waals surface area (Å²) in [5.41, 5.74) is 1.42. The Morgan fingerprint density at radius 1 is 1.26 bits per heavy atom. The van der Waals surface area contributed by atoms with E-state index in [0.29, 0.717) is 18.7 Å². The minimum Gasteiger partial charge on any atom is -0.442 e. The number of ether oxygens (including phenoxy) is 1. The fourth-order valence-electron chi connectivity index (χ4n) is 4.60. The first kappa shape index (κ1) is 18.3. The topological polar surface area (TPSA) is 79.7 Å². The second kappa shape index (κ2) is 6.51. The van der Waals surface area contributed by atoms with Crippen LogP contribution in [0.15, 0.2) is 6.20 Å². The molecule has 3 aliphatic heterocycles. The van der Waals surface area contributed by atoms with Crippen molar-refractivity contribution in [1.29, 1.82) is 0 Å². The predicted octanol–water partition coefficient (Wildman–Crippen LogP) is 1.34. The van der Waals surface area contributed by atoms with E-state index in [1.807, 2.05) is 21.4 Å². The lowest BCUT2D eigenvalue weighted by molar-refractivity contribution is 0.0637. The fraction of sp³-hybridized carbons (Fsp3) is 0.737. The van der Waals surface area contributed by atoms with E-state index >= 15 is 0 Å². The van der Waals surface area contributed by atoms with Crippen molar-refractivity contribution in [2.75, 3.05) is 26.2 Å². The number of carbonyl (C=O) groups is 2. The lowest BCUT2D eigenvalue weighted by Gasteiger charge is -2.37. The number of nitrogens with one attached hydrogen (secondary N) is 1. The van der Waals surface area contributed by atoms with Crippen LogP contribution in [0.5, 0.6) is 0 Å². The molecule has 2 atom stereocenters. The first-order valence-electron chi connectivity index (χ1n) is 9.81. The molecule has 1 aromatic rings. The van der Waals surface area contributed by atoms with Crippen molar-refractivity contribution in [3.63, 3.8) is 0 Å². The molecule has 0 saturated carbocycles. The molecule has 0 aliphatic carbocycles. The molecule has 0 radical (unpaired) electrons. The maximum Gasteiger partial charge on any atom is 0.410 e. The number of fused-ring (bicyclic) bond motifs is 1. The minimum absolute atomic E-state index is 0.0250. The number of amides is 2. The molecule has 3 saturated heterocycles. The van der Waals surface area contributed by atoms with Crippen LogP contribution in [0, 0.1) is 6.92 Å². The zero-order chi connectivity index (χ0) is 19.3. The summed E-state index contributed by atoms with van der Waals surface area (Å²) in [5.74, 6) is 0.0332. The molecule has 0 unspecified atom stereocenters. The van der Waals surface area contributed by atoms with Crippen molar-refractivity contribution in [2.24, 2.45) is 0 Å². The number of hydrogen-bond acceptors (Lipinski definition) is 5. The first-order chi connectivity index (χ1) is 12.8. The Hall–Kier alpha value is -2.09. The van der Waals surface area contributed by atoms with Crippen LogP contribution in [0.1, 0.15) is 49.7 Å². The summed E-state index contributed by atoms with van der Waals surface area (Å²) in [7, 11) is 0. The van der Waals surface area contributed by atoms with Gasteiger partial charge in [0.25, 0.3) is 5.91 Å². The second-order valence-corrected chi connectivity index (χ2v) is 8.80. The Kier molecular flexibility index (Phi) is 4.41. The molecule has 1 N–H and O–H groups in total. The molecule has 2 amide bonds. The van der Waals surface area contributed by atoms with Crippen LogP contribution in [-0.2, 0) is 10.3 Å². The number of likely N-dealkylation sites (tertiary alicyclic amines) is 1. The third kappa shape index (κ3) is 3.09. The zero-order valence-electron chi connectivity index (χ0n) is 16.6. The SMILES string of the molecule is Cc1c(C(=O)N2CCC(N3C(=O)O[C@H]4CNC[C@H]43)CC2)cnn1C(C)(C)C. The van der Waals surface area contributed by atoms with E-state index in [1.54, 1.807) is 6.20 Å². The molecule has 4 rings (SSSR count). The number of carbonyl (C=O) groups excluding carboxylic acids is 2. The smallest absolute Gasteiger partial charge is 0.410 e. The number of hydrogen-bond donors (Lipinski definition) is 1. The quantitative estimate of drug-likeness (QED) is 0.844. The van der Waals surface area contributed by atoms with Gasteiger partial charge in [-0.25, -0.2) is 4.79 Å². The van der Waals surface area contributed by atoms with Gasteiger partial charge in [0.2, 0.25) is 0 Å². The van der Waals surface area contributed by atoms with Crippen LogP contribution < -0.4 is 5.32 Å². The summed E-state index contributed by atoms with van der Waals surface area (Å²) in [5, 5.41) is 7.71. The van der Waals surface area contributed by atoms with Crippen LogP contribution >= 0.6 is 0 Å². The van der Waals surface area contributed by atoms with E-state index in [2.05, 4.69) is 31.2 Å². The Morgan fingerprint density at radius 3 is 2.59 bits per heavy atom. The highest BCUT2D eigenvalue weighted by molar-refractivity contribution is 5.95. The van der Waals surface area contributed by atoms with Gasteiger partial charge in [-0.05, 0) is 40.5 Å². The van der Waals surface area contributed by atoms with Crippen molar-refractivity contribution in [3.05, 3.63) is 17.5 Å². The molecule has 1 aromatic heterocycles. The maximum atomic E-state index is 13.0. The van der Waals surface area contributed by atoms with Crippen molar-refractivity contribution < 1.29 is 14.3 Å². The first-order valence-corrected chi connectivity index (χ1v) is 9.81. The second-order valence-electron chi connectivity index (χ2n) is 8.80. The van der Waals surface area contributed by atoms with Gasteiger partial charge in [-0.2, -0.15) is 5.10 Å². The van der Waals surface area contributed by atoms with Gasteiger partial charge < -0.3 is 15.0 Å². The summed E-state index contributed by atoms with van der Waals surface area (Å²) < 4.78 is 7.38. The average Bonchev–Trinajstić information content (AvgIpc) is 3.28. The van der Waals surface area contributed by atoms with Crippen LogP contribution in [0.2, 0.25) is 0 Å².